The summed E-state index contributed by atoms with van der Waals surface area (Å²) < 4.78 is 14.6. The fraction of sp³-hybridized carbons (Fsp3) is 0.143. The van der Waals surface area contributed by atoms with Gasteiger partial charge in [0.1, 0.15) is 17.5 Å². The molecule has 0 radical (unpaired) electrons. The minimum absolute atomic E-state index is 0.136. The van der Waals surface area contributed by atoms with Crippen LogP contribution in [0.2, 0.25) is 0 Å². The Morgan fingerprint density at radius 1 is 1.08 bits per heavy atom. The molecule has 0 spiro atoms. The number of ether oxygens (including phenoxy) is 2. The van der Waals surface area contributed by atoms with Gasteiger partial charge in [-0.3, -0.25) is 4.79 Å². The third-order valence-electron chi connectivity index (χ3n) is 6.77. The highest BCUT2D eigenvalue weighted by molar-refractivity contribution is 5.99. The van der Waals surface area contributed by atoms with Gasteiger partial charge in [0.05, 0.1) is 22.1 Å². The van der Waals surface area contributed by atoms with Gasteiger partial charge in [-0.2, -0.15) is 4.73 Å². The first-order chi connectivity index (χ1) is 19.0. The molecule has 3 aromatic carbocycles. The number of imidazole rings is 1. The van der Waals surface area contributed by atoms with E-state index < -0.39 is 5.97 Å². The van der Waals surface area contributed by atoms with E-state index in [-0.39, 0.29) is 18.0 Å². The minimum atomic E-state index is -0.479. The van der Waals surface area contributed by atoms with Gasteiger partial charge in [-0.25, -0.2) is 14.8 Å². The molecule has 0 atom stereocenters. The zero-order valence-electron chi connectivity index (χ0n) is 20.8. The van der Waals surface area contributed by atoms with Crippen molar-refractivity contribution in [2.24, 2.45) is 5.73 Å². The Morgan fingerprint density at radius 3 is 2.72 bits per heavy atom. The van der Waals surface area contributed by atoms with Crippen LogP contribution in [0.15, 0.2) is 65.8 Å². The molecule has 1 aliphatic rings. The molecule has 0 amide bonds. The van der Waals surface area contributed by atoms with Gasteiger partial charge >= 0.3 is 5.97 Å². The van der Waals surface area contributed by atoms with Gasteiger partial charge < -0.3 is 29.6 Å². The van der Waals surface area contributed by atoms with E-state index in [4.69, 9.17) is 25.0 Å². The summed E-state index contributed by atoms with van der Waals surface area (Å²) >= 11 is 0. The maximum absolute atomic E-state index is 13.4. The van der Waals surface area contributed by atoms with Crippen LogP contribution in [0.5, 0.6) is 11.5 Å². The largest absolute Gasteiger partial charge is 0.454 e. The molecule has 6 aromatic rings. The average molecular weight is 523 g/mol. The van der Waals surface area contributed by atoms with Crippen molar-refractivity contribution in [3.05, 3.63) is 82.5 Å². The van der Waals surface area contributed by atoms with Crippen LogP contribution in [0.25, 0.3) is 44.2 Å². The number of H-pyrrole nitrogens is 1. The third kappa shape index (κ3) is 3.87. The van der Waals surface area contributed by atoms with Gasteiger partial charge in [0.2, 0.25) is 6.79 Å². The molecule has 194 valence electrons. The Balaban J connectivity index is 1.42. The van der Waals surface area contributed by atoms with E-state index in [0.29, 0.717) is 52.2 Å². The molecule has 3 aromatic heterocycles. The predicted molar refractivity (Wildman–Crippen MR) is 143 cm³/mol. The molecule has 3 N–H and O–H groups in total. The number of hydrogen-bond donors (Lipinski definition) is 2. The summed E-state index contributed by atoms with van der Waals surface area (Å²) in [5, 5.41) is 0.803. The van der Waals surface area contributed by atoms with Crippen LogP contribution in [-0.4, -0.2) is 37.0 Å². The highest BCUT2D eigenvalue weighted by Crippen LogP contribution is 2.40. The Kier molecular flexibility index (Phi) is 5.13. The molecule has 0 saturated heterocycles. The van der Waals surface area contributed by atoms with Gasteiger partial charge in [0, 0.05) is 43.2 Å². The molecule has 0 unspecified atom stereocenters. The van der Waals surface area contributed by atoms with Crippen molar-refractivity contribution in [2.75, 3.05) is 6.79 Å². The number of rotatable bonds is 5. The van der Waals surface area contributed by atoms with Gasteiger partial charge in [-0.05, 0) is 29.3 Å². The lowest BCUT2D eigenvalue weighted by Gasteiger charge is -2.08. The average Bonchev–Trinajstić information content (AvgIpc) is 3.63. The van der Waals surface area contributed by atoms with Crippen molar-refractivity contribution in [3.8, 4) is 22.8 Å². The van der Waals surface area contributed by atoms with Crippen molar-refractivity contribution in [1.29, 1.82) is 0 Å². The predicted octanol–water partition coefficient (Wildman–Crippen LogP) is 3.11. The Labute approximate surface area is 220 Å². The molecule has 0 bridgehead atoms. The summed E-state index contributed by atoms with van der Waals surface area (Å²) in [6.45, 7) is 2.45. The van der Waals surface area contributed by atoms with Crippen molar-refractivity contribution in [2.45, 2.75) is 20.0 Å². The first-order valence-corrected chi connectivity index (χ1v) is 12.3. The molecule has 11 heteroatoms. The number of nitrogens with two attached hydrogens (primary N) is 1. The van der Waals surface area contributed by atoms with Crippen LogP contribution in [0.1, 0.15) is 18.1 Å². The molecule has 11 nitrogen and oxygen atoms in total. The highest BCUT2D eigenvalue weighted by Gasteiger charge is 2.22. The van der Waals surface area contributed by atoms with Crippen molar-refractivity contribution in [1.82, 2.24) is 24.2 Å². The maximum atomic E-state index is 13.4. The minimum Gasteiger partial charge on any atom is -0.454 e. The molecule has 4 heterocycles. The van der Waals surface area contributed by atoms with E-state index in [1.165, 1.54) is 18.0 Å². The molecule has 0 aliphatic carbocycles. The Bertz CT molecular complexity index is 2000. The number of nitrogens with one attached hydrogen (secondary N) is 1. The van der Waals surface area contributed by atoms with Gasteiger partial charge in [0.25, 0.3) is 5.56 Å². The SMILES string of the molecule is CC(=O)On1cnc2cc3[nH]c(=O)c(-c4cn(Cc5cccc(CN)c5)c5cc6c(cc45)OCO6)nc3cc21. The second kappa shape index (κ2) is 8.71. The lowest BCUT2D eigenvalue weighted by Crippen LogP contribution is -2.15. The molecule has 7 rings (SSSR count). The van der Waals surface area contributed by atoms with Crippen molar-refractivity contribution in [3.63, 3.8) is 0 Å². The zero-order valence-corrected chi connectivity index (χ0v) is 20.8. The van der Waals surface area contributed by atoms with Crippen LogP contribution in [-0.2, 0) is 17.9 Å². The summed E-state index contributed by atoms with van der Waals surface area (Å²) in [5.74, 6) is 0.773. The number of aromatic amines is 1. The monoisotopic (exact) mass is 522 g/mol. The van der Waals surface area contributed by atoms with Crippen LogP contribution in [0, 0.1) is 0 Å². The maximum Gasteiger partial charge on any atom is 0.329 e. The van der Waals surface area contributed by atoms with E-state index in [9.17, 15) is 9.59 Å². The smallest absolute Gasteiger partial charge is 0.329 e. The molecule has 39 heavy (non-hydrogen) atoms. The van der Waals surface area contributed by atoms with Crippen LogP contribution < -0.4 is 25.6 Å². The van der Waals surface area contributed by atoms with Gasteiger partial charge in [0.15, 0.2) is 11.5 Å². The fourth-order valence-corrected chi connectivity index (χ4v) is 5.01. The number of hydrogen-bond acceptors (Lipinski definition) is 8. The summed E-state index contributed by atoms with van der Waals surface area (Å²) in [6.07, 6.45) is 3.32. The molecule has 0 fully saturated rings. The number of benzene rings is 3. The Morgan fingerprint density at radius 2 is 1.90 bits per heavy atom. The summed E-state index contributed by atoms with van der Waals surface area (Å²) in [4.78, 5) is 42.0. The number of aromatic nitrogens is 5. The number of fused-ring (bicyclic) bond motifs is 4. The van der Waals surface area contributed by atoms with Crippen molar-refractivity contribution >= 4 is 38.9 Å². The van der Waals surface area contributed by atoms with Crippen LogP contribution in [0.3, 0.4) is 0 Å². The number of carbonyl (C=O) groups is 1. The van der Waals surface area contributed by atoms with Crippen LogP contribution in [0.4, 0.5) is 0 Å². The summed E-state index contributed by atoms with van der Waals surface area (Å²) in [6, 6.07) is 15.3. The number of carbonyl (C=O) groups excluding carboxylic acids is 1. The van der Waals surface area contributed by atoms with E-state index in [1.54, 1.807) is 12.1 Å². The van der Waals surface area contributed by atoms with E-state index in [0.717, 1.165) is 22.0 Å². The second-order valence-corrected chi connectivity index (χ2v) is 9.34. The summed E-state index contributed by atoms with van der Waals surface area (Å²) in [7, 11) is 0. The van der Waals surface area contributed by atoms with E-state index in [2.05, 4.69) is 20.6 Å². The fourth-order valence-electron chi connectivity index (χ4n) is 5.01. The standard InChI is InChI=1S/C28H22N6O5/c1-15(35)39-34-13-30-22-7-20-21(8-24(22)34)31-27(28(36)32-20)19-12-33(11-17-4-2-3-16(5-17)10-29)23-9-26-25(6-18(19)23)37-14-38-26/h2-9,12-13H,10-11,14,29H2,1H3,(H,32,36). The number of nitrogens with zero attached hydrogens (tertiary/aromatic N) is 4. The third-order valence-corrected chi connectivity index (χ3v) is 6.77. The molecule has 0 saturated carbocycles. The zero-order chi connectivity index (χ0) is 26.7. The first-order valence-electron chi connectivity index (χ1n) is 12.3. The normalized spacial score (nSPS) is 12.6. The van der Waals surface area contributed by atoms with E-state index >= 15 is 0 Å². The van der Waals surface area contributed by atoms with Gasteiger partial charge in [-0.15, -0.1) is 0 Å². The van der Waals surface area contributed by atoms with Gasteiger partial charge in [-0.1, -0.05) is 24.3 Å². The molecule has 1 aliphatic heterocycles. The van der Waals surface area contributed by atoms with E-state index in [1.807, 2.05) is 36.5 Å². The molecular formula is C28H22N6O5. The lowest BCUT2D eigenvalue weighted by molar-refractivity contribution is -0.141. The highest BCUT2D eigenvalue weighted by atomic mass is 16.7. The lowest BCUT2D eigenvalue weighted by atomic mass is 10.1. The topological polar surface area (TPSA) is 139 Å². The Hall–Kier alpha value is -5.16. The van der Waals surface area contributed by atoms with Crippen molar-refractivity contribution < 1.29 is 19.1 Å². The van der Waals surface area contributed by atoms with Crippen LogP contribution >= 0.6 is 0 Å². The summed E-state index contributed by atoms with van der Waals surface area (Å²) in [5.41, 5.74) is 11.5. The second-order valence-electron chi connectivity index (χ2n) is 9.34. The molecular weight excluding hydrogens is 500 g/mol. The first kappa shape index (κ1) is 23.0. The quantitative estimate of drug-likeness (QED) is 0.352.